The standard InChI is InChI=1S/C36H57NO15/c1-17-13-35-10-5-21-33(2,8-4-9-34(21,3)32(47)48-12-7-18(37)29(45)46)22(35)6-11-36(17,16-35)52-31-28(26(43)24(41)20(15-39)50-31)51-30-27(44)25(42)23(40)19(14-38)49-30/h18-28,30-31,38-44H,1,4-16,37H2,2-3H3,(H,45,46)/t18?,19-,20-,21-,22-,23+,24+,25-,26-,27-,28-,30-,31-,33+,34+,35+,36-/m0/s1. The number of esters is 1. The van der Waals surface area contributed by atoms with Gasteiger partial charge in [-0.15, -0.1) is 0 Å². The molecule has 52 heavy (non-hydrogen) atoms. The van der Waals surface area contributed by atoms with Gasteiger partial charge in [-0.05, 0) is 86.5 Å². The van der Waals surface area contributed by atoms with Gasteiger partial charge in [0.25, 0.3) is 0 Å². The van der Waals surface area contributed by atoms with E-state index in [0.29, 0.717) is 25.7 Å². The molecular weight excluding hydrogens is 686 g/mol. The predicted molar refractivity (Wildman–Crippen MR) is 178 cm³/mol. The van der Waals surface area contributed by atoms with Crippen LogP contribution >= 0.6 is 0 Å². The fourth-order valence-corrected chi connectivity index (χ4v) is 11.2. The smallest absolute Gasteiger partial charge is 0.320 e. The molecular formula is C36H57NO15. The summed E-state index contributed by atoms with van der Waals surface area (Å²) in [6.45, 7) is 7.32. The Kier molecular flexibility index (Phi) is 11.3. The lowest BCUT2D eigenvalue weighted by atomic mass is 9.41. The van der Waals surface area contributed by atoms with E-state index in [9.17, 15) is 45.3 Å². The molecule has 10 N–H and O–H groups in total. The first-order valence-electron chi connectivity index (χ1n) is 18.6. The van der Waals surface area contributed by atoms with Gasteiger partial charge in [0.2, 0.25) is 0 Å². The van der Waals surface area contributed by atoms with E-state index >= 15 is 0 Å². The van der Waals surface area contributed by atoms with Gasteiger partial charge in [0.15, 0.2) is 12.6 Å². The number of aliphatic carboxylic acids is 1. The van der Waals surface area contributed by atoms with E-state index in [1.807, 2.05) is 6.92 Å². The molecule has 1 spiro atoms. The zero-order valence-corrected chi connectivity index (χ0v) is 29.9. The Morgan fingerprint density at radius 3 is 2.17 bits per heavy atom. The van der Waals surface area contributed by atoms with Crippen LogP contribution in [-0.4, -0.2) is 146 Å². The number of rotatable bonds is 11. The molecule has 16 nitrogen and oxygen atoms in total. The van der Waals surface area contributed by atoms with Crippen molar-refractivity contribution in [3.8, 4) is 0 Å². The van der Waals surface area contributed by atoms with Crippen molar-refractivity contribution in [2.45, 2.75) is 151 Å². The van der Waals surface area contributed by atoms with Crippen molar-refractivity contribution in [2.75, 3.05) is 19.8 Å². The van der Waals surface area contributed by atoms with E-state index in [1.165, 1.54) is 0 Å². The van der Waals surface area contributed by atoms with Crippen molar-refractivity contribution in [3.63, 3.8) is 0 Å². The fourth-order valence-electron chi connectivity index (χ4n) is 11.2. The Hall–Kier alpha value is -1.80. The van der Waals surface area contributed by atoms with Crippen LogP contribution in [0.4, 0.5) is 0 Å². The highest BCUT2D eigenvalue weighted by atomic mass is 16.8. The van der Waals surface area contributed by atoms with Crippen LogP contribution in [0.2, 0.25) is 0 Å². The van der Waals surface area contributed by atoms with Crippen molar-refractivity contribution >= 4 is 11.9 Å². The minimum absolute atomic E-state index is 0.0309. The van der Waals surface area contributed by atoms with E-state index < -0.39 is 97.7 Å². The first kappa shape index (κ1) is 39.9. The molecule has 296 valence electrons. The molecule has 6 rings (SSSR count). The number of carboxylic acids is 1. The Morgan fingerprint density at radius 1 is 0.885 bits per heavy atom. The number of ether oxygens (including phenoxy) is 5. The molecule has 0 aromatic heterocycles. The summed E-state index contributed by atoms with van der Waals surface area (Å²) >= 11 is 0. The van der Waals surface area contributed by atoms with Gasteiger partial charge in [-0.25, -0.2) is 0 Å². The molecule has 16 heteroatoms. The predicted octanol–water partition coefficient (Wildman–Crippen LogP) is -0.936. The second-order valence-electron chi connectivity index (χ2n) is 16.8. The highest BCUT2D eigenvalue weighted by Gasteiger charge is 2.69. The van der Waals surface area contributed by atoms with Crippen LogP contribution in [0.15, 0.2) is 12.2 Å². The van der Waals surface area contributed by atoms with Crippen LogP contribution in [0, 0.1) is 28.1 Å². The van der Waals surface area contributed by atoms with E-state index in [4.69, 9.17) is 34.5 Å². The van der Waals surface area contributed by atoms with Crippen LogP contribution in [0.25, 0.3) is 0 Å². The molecule has 2 bridgehead atoms. The molecule has 0 aromatic rings. The number of hydrogen-bond donors (Lipinski definition) is 9. The number of carbonyl (C=O) groups is 2. The Bertz CT molecular complexity index is 1350. The molecule has 0 radical (unpaired) electrons. The number of aliphatic hydroxyl groups is 7. The summed E-state index contributed by atoms with van der Waals surface area (Å²) in [5.74, 6) is -1.21. The average Bonchev–Trinajstić information content (AvgIpc) is 3.30. The van der Waals surface area contributed by atoms with E-state index in [2.05, 4.69) is 13.5 Å². The minimum atomic E-state index is -1.78. The number of nitrogens with two attached hydrogens (primary N) is 1. The third-order valence-electron chi connectivity index (χ3n) is 13.9. The molecule has 6 fully saturated rings. The van der Waals surface area contributed by atoms with Crippen molar-refractivity contribution in [3.05, 3.63) is 12.2 Å². The van der Waals surface area contributed by atoms with Crippen LogP contribution in [0.5, 0.6) is 0 Å². The summed E-state index contributed by atoms with van der Waals surface area (Å²) < 4.78 is 30.0. The largest absolute Gasteiger partial charge is 0.480 e. The summed E-state index contributed by atoms with van der Waals surface area (Å²) in [6.07, 6.45) is -8.96. The average molecular weight is 744 g/mol. The second-order valence-corrected chi connectivity index (χ2v) is 16.8. The molecule has 2 heterocycles. The molecule has 2 saturated heterocycles. The third-order valence-corrected chi connectivity index (χ3v) is 13.9. The molecule has 4 aliphatic carbocycles. The highest BCUT2D eigenvalue weighted by molar-refractivity contribution is 5.77. The van der Waals surface area contributed by atoms with E-state index in [1.54, 1.807) is 0 Å². The zero-order chi connectivity index (χ0) is 38.0. The van der Waals surface area contributed by atoms with Crippen molar-refractivity contribution < 1.29 is 74.1 Å². The zero-order valence-electron chi connectivity index (χ0n) is 29.9. The number of hydrogen-bond acceptors (Lipinski definition) is 15. The summed E-state index contributed by atoms with van der Waals surface area (Å²) in [4.78, 5) is 24.9. The van der Waals surface area contributed by atoms with Crippen LogP contribution in [0.1, 0.15) is 78.1 Å². The van der Waals surface area contributed by atoms with Gasteiger partial charge < -0.3 is 70.3 Å². The van der Waals surface area contributed by atoms with Crippen molar-refractivity contribution in [1.29, 1.82) is 0 Å². The van der Waals surface area contributed by atoms with Gasteiger partial charge in [-0.3, -0.25) is 9.59 Å². The highest BCUT2D eigenvalue weighted by Crippen LogP contribution is 2.73. The number of carboxylic acid groups (broad SMARTS) is 1. The molecule has 4 saturated carbocycles. The van der Waals surface area contributed by atoms with E-state index in [0.717, 1.165) is 37.7 Å². The maximum atomic E-state index is 13.7. The fraction of sp³-hybridized carbons (Fsp3) is 0.889. The van der Waals surface area contributed by atoms with Crippen molar-refractivity contribution in [2.24, 2.45) is 33.8 Å². The first-order valence-corrected chi connectivity index (χ1v) is 18.6. The van der Waals surface area contributed by atoms with E-state index in [-0.39, 0.29) is 41.7 Å². The van der Waals surface area contributed by atoms with Gasteiger partial charge >= 0.3 is 11.9 Å². The lowest BCUT2D eigenvalue weighted by Gasteiger charge is -2.64. The van der Waals surface area contributed by atoms with Gasteiger partial charge in [0.1, 0.15) is 54.9 Å². The molecule has 6 aliphatic rings. The summed E-state index contributed by atoms with van der Waals surface area (Å²) in [7, 11) is 0. The minimum Gasteiger partial charge on any atom is -0.480 e. The van der Waals surface area contributed by atoms with Gasteiger partial charge in [0, 0.05) is 6.42 Å². The van der Waals surface area contributed by atoms with Gasteiger partial charge in [-0.1, -0.05) is 19.9 Å². The normalized spacial score (nSPS) is 49.5. The van der Waals surface area contributed by atoms with Crippen LogP contribution in [-0.2, 0) is 33.3 Å². The Labute approximate surface area is 302 Å². The quantitative estimate of drug-likeness (QED) is 0.0702. The number of aliphatic hydroxyl groups excluding tert-OH is 7. The second kappa shape index (κ2) is 14.7. The monoisotopic (exact) mass is 743 g/mol. The molecule has 0 amide bonds. The molecule has 0 aromatic carbocycles. The van der Waals surface area contributed by atoms with Gasteiger partial charge in [-0.2, -0.15) is 0 Å². The number of carbonyl (C=O) groups excluding carboxylic acids is 1. The molecule has 17 atom stereocenters. The maximum Gasteiger partial charge on any atom is 0.320 e. The summed E-state index contributed by atoms with van der Waals surface area (Å²) in [5.41, 5.74) is 4.37. The topological polar surface area (TPSA) is 268 Å². The maximum absolute atomic E-state index is 13.7. The lowest BCUT2D eigenvalue weighted by Crippen LogP contribution is -2.65. The van der Waals surface area contributed by atoms with Crippen molar-refractivity contribution in [1.82, 2.24) is 0 Å². The lowest BCUT2D eigenvalue weighted by molar-refractivity contribution is -0.378. The first-order chi connectivity index (χ1) is 24.5. The Balaban J connectivity index is 1.21. The Morgan fingerprint density at radius 2 is 1.52 bits per heavy atom. The number of fused-ring (bicyclic) bond motifs is 3. The summed E-state index contributed by atoms with van der Waals surface area (Å²) in [6, 6.07) is -1.11. The summed E-state index contributed by atoms with van der Waals surface area (Å²) in [5, 5.41) is 82.1. The van der Waals surface area contributed by atoms with Crippen LogP contribution in [0.3, 0.4) is 0 Å². The third kappa shape index (κ3) is 6.53. The SMILES string of the molecule is C=C1C[C@@]23CC[C@H]4[C@@](C)(CCC[C@@]4(C)C(=O)OCCC(N)C(=O)O)[C@@H]2CC[C@]1(O[C@@H]1O[C@@H](CO)[C@@H](O)[C@H](O)[C@@H]1O[C@@H]1O[C@@H](CO)[C@@H](O)[C@H](O)[C@@H]1O)C3. The molecule has 1 unspecified atom stereocenters. The van der Waals surface area contributed by atoms with Gasteiger partial charge in [0.05, 0.1) is 30.8 Å². The van der Waals surface area contributed by atoms with Crippen LogP contribution < -0.4 is 5.73 Å². The molecule has 2 aliphatic heterocycles.